The molecule has 2 aliphatic heterocycles. The molecule has 4 nitrogen and oxygen atoms in total. The zero-order valence-corrected chi connectivity index (χ0v) is 10.9. The van der Waals surface area contributed by atoms with Crippen LogP contribution in [0.15, 0.2) is 0 Å². The van der Waals surface area contributed by atoms with Crippen LogP contribution in [0.5, 0.6) is 0 Å². The van der Waals surface area contributed by atoms with Gasteiger partial charge in [-0.15, -0.1) is 0 Å². The van der Waals surface area contributed by atoms with Gasteiger partial charge < -0.3 is 10.0 Å². The second kappa shape index (κ2) is 5.29. The van der Waals surface area contributed by atoms with Crippen molar-refractivity contribution in [3.05, 3.63) is 0 Å². The summed E-state index contributed by atoms with van der Waals surface area (Å²) in [7, 11) is 0. The van der Waals surface area contributed by atoms with Crippen LogP contribution >= 0.6 is 11.8 Å². The zero-order valence-electron chi connectivity index (χ0n) is 10.1. The van der Waals surface area contributed by atoms with Crippen molar-refractivity contribution in [1.82, 2.24) is 4.90 Å². The molecule has 2 aliphatic rings. The standard InChI is InChI=1S/C12H19NO3S/c1-8-6-13(7-10(8)12(15)16)11(14)9-2-4-17-5-3-9/h8-10H,2-7H2,1H3,(H,15,16)/t8-,10-/m1/s1. The van der Waals surface area contributed by atoms with Crippen molar-refractivity contribution in [3.63, 3.8) is 0 Å². The van der Waals surface area contributed by atoms with Crippen molar-refractivity contribution >= 4 is 23.6 Å². The third kappa shape index (κ3) is 2.76. The fraction of sp³-hybridized carbons (Fsp3) is 0.833. The van der Waals surface area contributed by atoms with Gasteiger partial charge in [-0.05, 0) is 30.3 Å². The van der Waals surface area contributed by atoms with Crippen LogP contribution in [-0.2, 0) is 9.59 Å². The van der Waals surface area contributed by atoms with E-state index in [1.165, 1.54) is 0 Å². The lowest BCUT2D eigenvalue weighted by atomic mass is 9.99. The molecule has 2 heterocycles. The maximum Gasteiger partial charge on any atom is 0.308 e. The number of likely N-dealkylation sites (tertiary alicyclic amines) is 1. The van der Waals surface area contributed by atoms with Gasteiger partial charge in [0.1, 0.15) is 0 Å². The molecule has 0 saturated carbocycles. The molecular weight excluding hydrogens is 238 g/mol. The molecule has 0 aliphatic carbocycles. The number of carboxylic acid groups (broad SMARTS) is 1. The van der Waals surface area contributed by atoms with Gasteiger partial charge in [0.2, 0.25) is 5.91 Å². The smallest absolute Gasteiger partial charge is 0.308 e. The average Bonchev–Trinajstić information content (AvgIpc) is 2.71. The van der Waals surface area contributed by atoms with E-state index in [0.717, 1.165) is 24.3 Å². The van der Waals surface area contributed by atoms with E-state index in [-0.39, 0.29) is 23.7 Å². The van der Waals surface area contributed by atoms with Gasteiger partial charge >= 0.3 is 5.97 Å². The van der Waals surface area contributed by atoms with Crippen molar-refractivity contribution in [1.29, 1.82) is 0 Å². The Bertz CT molecular complexity index is 315. The second-order valence-electron chi connectivity index (χ2n) is 5.05. The molecule has 0 unspecified atom stereocenters. The highest BCUT2D eigenvalue weighted by Crippen LogP contribution is 2.29. The molecule has 5 heteroatoms. The molecule has 0 aromatic carbocycles. The Morgan fingerprint density at radius 1 is 1.24 bits per heavy atom. The molecule has 2 atom stereocenters. The van der Waals surface area contributed by atoms with Gasteiger partial charge in [-0.3, -0.25) is 9.59 Å². The second-order valence-corrected chi connectivity index (χ2v) is 6.28. The van der Waals surface area contributed by atoms with Crippen molar-refractivity contribution in [3.8, 4) is 0 Å². The van der Waals surface area contributed by atoms with Gasteiger partial charge in [-0.2, -0.15) is 11.8 Å². The Morgan fingerprint density at radius 3 is 2.41 bits per heavy atom. The third-order valence-electron chi connectivity index (χ3n) is 3.81. The molecule has 17 heavy (non-hydrogen) atoms. The molecule has 1 amide bonds. The van der Waals surface area contributed by atoms with Crippen molar-refractivity contribution in [2.24, 2.45) is 17.8 Å². The Hall–Kier alpha value is -0.710. The topological polar surface area (TPSA) is 57.6 Å². The summed E-state index contributed by atoms with van der Waals surface area (Å²) in [5.74, 6) is 1.36. The maximum atomic E-state index is 12.2. The predicted molar refractivity (Wildman–Crippen MR) is 66.9 cm³/mol. The number of rotatable bonds is 2. The van der Waals surface area contributed by atoms with E-state index >= 15 is 0 Å². The number of amides is 1. The van der Waals surface area contributed by atoms with Crippen LogP contribution in [0.2, 0.25) is 0 Å². The van der Waals surface area contributed by atoms with Gasteiger partial charge in [-0.25, -0.2) is 0 Å². The van der Waals surface area contributed by atoms with Gasteiger partial charge in [-0.1, -0.05) is 6.92 Å². The Balaban J connectivity index is 1.94. The van der Waals surface area contributed by atoms with Gasteiger partial charge in [0.05, 0.1) is 5.92 Å². The van der Waals surface area contributed by atoms with Gasteiger partial charge in [0.25, 0.3) is 0 Å². The first kappa shape index (κ1) is 12.7. The number of carbonyl (C=O) groups is 2. The van der Waals surface area contributed by atoms with E-state index in [2.05, 4.69) is 0 Å². The molecular formula is C12H19NO3S. The van der Waals surface area contributed by atoms with Gasteiger partial charge in [0, 0.05) is 19.0 Å². The first-order chi connectivity index (χ1) is 8.09. The molecule has 0 bridgehead atoms. The van der Waals surface area contributed by atoms with Crippen LogP contribution in [0.1, 0.15) is 19.8 Å². The molecule has 0 aromatic heterocycles. The minimum Gasteiger partial charge on any atom is -0.481 e. The zero-order chi connectivity index (χ0) is 12.4. The quantitative estimate of drug-likeness (QED) is 0.810. The lowest BCUT2D eigenvalue weighted by molar-refractivity contribution is -0.142. The SMILES string of the molecule is C[C@@H]1CN(C(=O)C2CCSCC2)C[C@H]1C(=O)O. The third-order valence-corrected chi connectivity index (χ3v) is 4.86. The number of hydrogen-bond donors (Lipinski definition) is 1. The molecule has 0 spiro atoms. The van der Waals surface area contributed by atoms with Crippen LogP contribution in [0.4, 0.5) is 0 Å². The first-order valence-corrected chi connectivity index (χ1v) is 7.34. The molecule has 2 rings (SSSR count). The van der Waals surface area contributed by atoms with Crippen LogP contribution < -0.4 is 0 Å². The number of hydrogen-bond acceptors (Lipinski definition) is 3. The summed E-state index contributed by atoms with van der Waals surface area (Å²) in [4.78, 5) is 25.0. The summed E-state index contributed by atoms with van der Waals surface area (Å²) in [5, 5.41) is 9.05. The van der Waals surface area contributed by atoms with Crippen LogP contribution in [0.25, 0.3) is 0 Å². The first-order valence-electron chi connectivity index (χ1n) is 6.19. The lowest BCUT2D eigenvalue weighted by Gasteiger charge is -2.26. The molecule has 1 N–H and O–H groups in total. The van der Waals surface area contributed by atoms with Gasteiger partial charge in [0.15, 0.2) is 0 Å². The van der Waals surface area contributed by atoms with Crippen LogP contribution in [-0.4, -0.2) is 46.5 Å². The van der Waals surface area contributed by atoms with Crippen LogP contribution in [0.3, 0.4) is 0 Å². The number of aliphatic carboxylic acids is 1. The van der Waals surface area contributed by atoms with Crippen molar-refractivity contribution in [2.75, 3.05) is 24.6 Å². The Morgan fingerprint density at radius 2 is 1.88 bits per heavy atom. The number of nitrogens with zero attached hydrogens (tertiary/aromatic N) is 1. The summed E-state index contributed by atoms with van der Waals surface area (Å²) in [5.41, 5.74) is 0. The summed E-state index contributed by atoms with van der Waals surface area (Å²) in [6, 6.07) is 0. The Labute approximate surface area is 106 Å². The number of thioether (sulfide) groups is 1. The summed E-state index contributed by atoms with van der Waals surface area (Å²) >= 11 is 1.90. The highest BCUT2D eigenvalue weighted by Gasteiger charge is 2.38. The molecule has 0 radical (unpaired) electrons. The summed E-state index contributed by atoms with van der Waals surface area (Å²) < 4.78 is 0. The molecule has 96 valence electrons. The minimum absolute atomic E-state index is 0.0782. The van der Waals surface area contributed by atoms with E-state index in [1.807, 2.05) is 18.7 Å². The highest BCUT2D eigenvalue weighted by molar-refractivity contribution is 7.99. The minimum atomic E-state index is -0.771. The van der Waals surface area contributed by atoms with E-state index in [9.17, 15) is 9.59 Å². The van der Waals surface area contributed by atoms with Crippen LogP contribution in [0, 0.1) is 17.8 Å². The lowest BCUT2D eigenvalue weighted by Crippen LogP contribution is -2.36. The fourth-order valence-corrected chi connectivity index (χ4v) is 3.78. The summed E-state index contributed by atoms with van der Waals surface area (Å²) in [6.45, 7) is 2.93. The molecule has 2 saturated heterocycles. The normalized spacial score (nSPS) is 30.5. The van der Waals surface area contributed by atoms with E-state index in [0.29, 0.717) is 13.1 Å². The molecule has 2 fully saturated rings. The maximum absolute atomic E-state index is 12.2. The monoisotopic (exact) mass is 257 g/mol. The van der Waals surface area contributed by atoms with E-state index < -0.39 is 5.97 Å². The van der Waals surface area contributed by atoms with E-state index in [1.54, 1.807) is 4.90 Å². The van der Waals surface area contributed by atoms with E-state index in [4.69, 9.17) is 5.11 Å². The molecule has 0 aromatic rings. The predicted octanol–water partition coefficient (Wildman–Crippen LogP) is 1.31. The fourth-order valence-electron chi connectivity index (χ4n) is 2.67. The Kier molecular flexibility index (Phi) is 3.97. The largest absolute Gasteiger partial charge is 0.481 e. The summed E-state index contributed by atoms with van der Waals surface area (Å²) in [6.07, 6.45) is 1.90. The average molecular weight is 257 g/mol. The van der Waals surface area contributed by atoms with Crippen molar-refractivity contribution in [2.45, 2.75) is 19.8 Å². The highest BCUT2D eigenvalue weighted by atomic mass is 32.2. The number of carboxylic acids is 1. The number of carbonyl (C=O) groups excluding carboxylic acids is 1. The van der Waals surface area contributed by atoms with Crippen molar-refractivity contribution < 1.29 is 14.7 Å².